The van der Waals surface area contributed by atoms with Crippen LogP contribution in [0.3, 0.4) is 0 Å². The molecule has 2 aromatic carbocycles. The van der Waals surface area contributed by atoms with Crippen LogP contribution in [0.2, 0.25) is 5.02 Å². The number of hydroxylamine groups is 2. The number of benzene rings is 2. The van der Waals surface area contributed by atoms with E-state index in [2.05, 4.69) is 0 Å². The zero-order valence-electron chi connectivity index (χ0n) is 12.8. The molecule has 1 amide bonds. The van der Waals surface area contributed by atoms with Gasteiger partial charge >= 0.3 is 0 Å². The molecule has 0 aliphatic carbocycles. The Bertz CT molecular complexity index is 660. The molecule has 0 aromatic heterocycles. The number of carbonyl (C=O) groups excluding carboxylic acids is 1. The molecule has 0 heterocycles. The van der Waals surface area contributed by atoms with Gasteiger partial charge in [-0.3, -0.25) is 4.79 Å². The Labute approximate surface area is 134 Å². The highest BCUT2D eigenvalue weighted by Crippen LogP contribution is 2.28. The van der Waals surface area contributed by atoms with Crippen LogP contribution in [-0.2, 0) is 11.3 Å². The fraction of sp³-hybridized carbons (Fsp3) is 0.235. The fourth-order valence-corrected chi connectivity index (χ4v) is 2.45. The number of aryl methyl sites for hydroxylation is 2. The second-order valence-corrected chi connectivity index (χ2v) is 5.62. The lowest BCUT2D eigenvalue weighted by Crippen LogP contribution is -2.32. The van der Waals surface area contributed by atoms with E-state index in [0.29, 0.717) is 10.8 Å². The quantitative estimate of drug-likeness (QED) is 0.866. The zero-order valence-corrected chi connectivity index (χ0v) is 13.5. The molecule has 0 saturated carbocycles. The van der Waals surface area contributed by atoms with E-state index in [-0.39, 0.29) is 18.2 Å². The smallest absolute Gasteiger partial charge is 0.252 e. The van der Waals surface area contributed by atoms with Gasteiger partial charge in [0.15, 0.2) is 5.75 Å². The molecule has 1 N–H and O–H groups in total. The molecule has 0 bridgehead atoms. The molecule has 0 fully saturated rings. The van der Waals surface area contributed by atoms with Gasteiger partial charge in [-0.25, -0.2) is 0 Å². The van der Waals surface area contributed by atoms with E-state index in [1.54, 1.807) is 36.4 Å². The van der Waals surface area contributed by atoms with Crippen molar-refractivity contribution < 1.29 is 14.7 Å². The lowest BCUT2D eigenvalue weighted by molar-refractivity contribution is -0.157. The van der Waals surface area contributed by atoms with Gasteiger partial charge in [-0.15, -0.1) is 0 Å². The molecular formula is C17H18ClNO3. The molecule has 0 atom stereocenters. The van der Waals surface area contributed by atoms with Gasteiger partial charge in [-0.05, 0) is 54.8 Å². The molecule has 2 rings (SSSR count). The van der Waals surface area contributed by atoms with Crippen LogP contribution < -0.4 is 4.84 Å². The molecule has 0 saturated heterocycles. The summed E-state index contributed by atoms with van der Waals surface area (Å²) < 4.78 is 0. The second kappa shape index (κ2) is 6.71. The number of nitrogens with zero attached hydrogens (tertiary/aromatic N) is 1. The first kappa shape index (κ1) is 16.2. The average Bonchev–Trinajstić information content (AvgIpc) is 2.43. The molecule has 0 unspecified atom stereocenters. The van der Waals surface area contributed by atoms with Gasteiger partial charge < -0.3 is 9.94 Å². The highest BCUT2D eigenvalue weighted by atomic mass is 35.5. The summed E-state index contributed by atoms with van der Waals surface area (Å²) >= 11 is 6.01. The number of amides is 1. The minimum absolute atomic E-state index is 0.184. The standard InChI is InChI=1S/C17H18ClNO3/c1-11-8-15(18)9-12(2)17(11)22-19(13(3)20)10-14-4-6-16(21)7-5-14/h4-9,21H,10H2,1-3H3. The van der Waals surface area contributed by atoms with E-state index in [0.717, 1.165) is 16.7 Å². The Morgan fingerprint density at radius 1 is 1.18 bits per heavy atom. The first-order chi connectivity index (χ1) is 10.4. The van der Waals surface area contributed by atoms with Crippen molar-refractivity contribution in [2.45, 2.75) is 27.3 Å². The minimum Gasteiger partial charge on any atom is -0.508 e. The van der Waals surface area contributed by atoms with Gasteiger partial charge in [0.05, 0.1) is 6.54 Å². The summed E-state index contributed by atoms with van der Waals surface area (Å²) in [5, 5.41) is 11.2. The van der Waals surface area contributed by atoms with Gasteiger partial charge in [0.2, 0.25) is 0 Å². The number of hydrogen-bond donors (Lipinski definition) is 1. The summed E-state index contributed by atoms with van der Waals surface area (Å²) in [6.07, 6.45) is 0. The highest BCUT2D eigenvalue weighted by molar-refractivity contribution is 6.30. The van der Waals surface area contributed by atoms with Gasteiger partial charge in [0.25, 0.3) is 5.91 Å². The van der Waals surface area contributed by atoms with Crippen molar-refractivity contribution in [3.8, 4) is 11.5 Å². The number of aromatic hydroxyl groups is 1. The molecule has 116 valence electrons. The van der Waals surface area contributed by atoms with Crippen LogP contribution in [-0.4, -0.2) is 16.1 Å². The number of halogens is 1. The zero-order chi connectivity index (χ0) is 16.3. The highest BCUT2D eigenvalue weighted by Gasteiger charge is 2.15. The van der Waals surface area contributed by atoms with Crippen molar-refractivity contribution in [1.29, 1.82) is 0 Å². The molecule has 0 aliphatic heterocycles. The maximum Gasteiger partial charge on any atom is 0.252 e. The van der Waals surface area contributed by atoms with Gasteiger partial charge in [-0.2, -0.15) is 5.06 Å². The van der Waals surface area contributed by atoms with Gasteiger partial charge in [-0.1, -0.05) is 23.7 Å². The van der Waals surface area contributed by atoms with Crippen LogP contribution >= 0.6 is 11.6 Å². The van der Waals surface area contributed by atoms with E-state index in [1.165, 1.54) is 12.0 Å². The number of rotatable bonds is 4. The van der Waals surface area contributed by atoms with E-state index in [1.807, 2.05) is 13.8 Å². The van der Waals surface area contributed by atoms with Crippen molar-refractivity contribution in [3.05, 3.63) is 58.1 Å². The molecule has 5 heteroatoms. The maximum absolute atomic E-state index is 11.8. The van der Waals surface area contributed by atoms with Gasteiger partial charge in [0, 0.05) is 11.9 Å². The van der Waals surface area contributed by atoms with Crippen LogP contribution in [0.5, 0.6) is 11.5 Å². The molecule has 0 spiro atoms. The van der Waals surface area contributed by atoms with Gasteiger partial charge in [0.1, 0.15) is 5.75 Å². The molecule has 22 heavy (non-hydrogen) atoms. The molecule has 4 nitrogen and oxygen atoms in total. The van der Waals surface area contributed by atoms with Crippen LogP contribution in [0, 0.1) is 13.8 Å². The third-order valence-electron chi connectivity index (χ3n) is 3.24. The third kappa shape index (κ3) is 3.92. The first-order valence-corrected chi connectivity index (χ1v) is 7.25. The van der Waals surface area contributed by atoms with Crippen molar-refractivity contribution in [1.82, 2.24) is 5.06 Å². The normalized spacial score (nSPS) is 10.4. The minimum atomic E-state index is -0.207. The van der Waals surface area contributed by atoms with E-state index in [4.69, 9.17) is 16.4 Å². The molecular weight excluding hydrogens is 302 g/mol. The topological polar surface area (TPSA) is 49.8 Å². The number of phenols is 1. The van der Waals surface area contributed by atoms with E-state index in [9.17, 15) is 9.90 Å². The van der Waals surface area contributed by atoms with E-state index < -0.39 is 0 Å². The Hall–Kier alpha value is -2.20. The van der Waals surface area contributed by atoms with Crippen molar-refractivity contribution in [2.24, 2.45) is 0 Å². The van der Waals surface area contributed by atoms with Crippen LogP contribution in [0.4, 0.5) is 0 Å². The van der Waals surface area contributed by atoms with Crippen molar-refractivity contribution in [3.63, 3.8) is 0 Å². The fourth-order valence-electron chi connectivity index (χ4n) is 2.13. The van der Waals surface area contributed by atoms with Crippen molar-refractivity contribution >= 4 is 17.5 Å². The summed E-state index contributed by atoms with van der Waals surface area (Å²) in [6, 6.07) is 10.2. The summed E-state index contributed by atoms with van der Waals surface area (Å²) in [4.78, 5) is 17.6. The first-order valence-electron chi connectivity index (χ1n) is 6.87. The maximum atomic E-state index is 11.8. The number of phenolic OH excluding ortho intramolecular Hbond substituents is 1. The summed E-state index contributed by atoms with van der Waals surface area (Å²) in [6.45, 7) is 5.50. The monoisotopic (exact) mass is 319 g/mol. The lowest BCUT2D eigenvalue weighted by Gasteiger charge is -2.23. The summed E-state index contributed by atoms with van der Waals surface area (Å²) in [5.74, 6) is 0.601. The Balaban J connectivity index is 2.23. The third-order valence-corrected chi connectivity index (χ3v) is 3.46. The molecule has 0 aliphatic rings. The number of carbonyl (C=O) groups is 1. The van der Waals surface area contributed by atoms with E-state index >= 15 is 0 Å². The predicted octanol–water partition coefficient (Wildman–Crippen LogP) is 4.00. The van der Waals surface area contributed by atoms with Crippen LogP contribution in [0.15, 0.2) is 36.4 Å². The second-order valence-electron chi connectivity index (χ2n) is 5.18. The van der Waals surface area contributed by atoms with Crippen LogP contribution in [0.1, 0.15) is 23.6 Å². The summed E-state index contributed by atoms with van der Waals surface area (Å²) in [5.41, 5.74) is 2.58. The molecule has 0 radical (unpaired) electrons. The lowest BCUT2D eigenvalue weighted by atomic mass is 10.1. The number of hydrogen-bond acceptors (Lipinski definition) is 3. The summed E-state index contributed by atoms with van der Waals surface area (Å²) in [7, 11) is 0. The Morgan fingerprint density at radius 2 is 1.73 bits per heavy atom. The Kier molecular flexibility index (Phi) is 4.93. The Morgan fingerprint density at radius 3 is 2.23 bits per heavy atom. The van der Waals surface area contributed by atoms with Crippen LogP contribution in [0.25, 0.3) is 0 Å². The predicted molar refractivity (Wildman–Crippen MR) is 85.9 cm³/mol. The molecule has 2 aromatic rings. The van der Waals surface area contributed by atoms with Crippen molar-refractivity contribution in [2.75, 3.05) is 0 Å². The largest absolute Gasteiger partial charge is 0.508 e. The SMILES string of the molecule is CC(=O)N(Cc1ccc(O)cc1)Oc1c(C)cc(Cl)cc1C. The average molecular weight is 320 g/mol.